The van der Waals surface area contributed by atoms with E-state index in [-0.39, 0.29) is 18.5 Å². The molecule has 2 fully saturated rings. The predicted octanol–water partition coefficient (Wildman–Crippen LogP) is -0.273. The second-order valence-corrected chi connectivity index (χ2v) is 3.94. The maximum Gasteiger partial charge on any atom is 0.315 e. The van der Waals surface area contributed by atoms with E-state index in [4.69, 9.17) is 0 Å². The van der Waals surface area contributed by atoms with Crippen LogP contribution in [-0.4, -0.2) is 30.6 Å². The summed E-state index contributed by atoms with van der Waals surface area (Å²) in [4.78, 5) is 22.2. The van der Waals surface area contributed by atoms with Gasteiger partial charge in [0.1, 0.15) is 0 Å². The van der Waals surface area contributed by atoms with Gasteiger partial charge in [-0.1, -0.05) is 0 Å². The minimum Gasteiger partial charge on any atom is -0.352 e. The van der Waals surface area contributed by atoms with Crippen LogP contribution in [-0.2, 0) is 4.79 Å². The van der Waals surface area contributed by atoms with E-state index in [9.17, 15) is 9.59 Å². The number of hydrogen-bond donors (Lipinski definition) is 3. The molecule has 0 atom stereocenters. The highest BCUT2D eigenvalue weighted by atomic mass is 16.2. The van der Waals surface area contributed by atoms with Crippen LogP contribution in [0.25, 0.3) is 0 Å². The maximum atomic E-state index is 11.1. The van der Waals surface area contributed by atoms with E-state index >= 15 is 0 Å². The molecule has 0 aromatic rings. The van der Waals surface area contributed by atoms with Gasteiger partial charge in [0.05, 0.1) is 6.54 Å². The summed E-state index contributed by atoms with van der Waals surface area (Å²) in [6.45, 7) is 0.0784. The second-order valence-electron chi connectivity index (χ2n) is 3.94. The fourth-order valence-corrected chi connectivity index (χ4v) is 1.13. The predicted molar refractivity (Wildman–Crippen MR) is 50.7 cm³/mol. The molecule has 78 valence electrons. The number of carbonyl (C=O) groups excluding carboxylic acids is 2. The zero-order valence-corrected chi connectivity index (χ0v) is 8.01. The lowest BCUT2D eigenvalue weighted by molar-refractivity contribution is -0.120. The monoisotopic (exact) mass is 197 g/mol. The van der Waals surface area contributed by atoms with Crippen LogP contribution in [0, 0.1) is 0 Å². The van der Waals surface area contributed by atoms with Crippen molar-refractivity contribution in [3.63, 3.8) is 0 Å². The number of hydrogen-bond acceptors (Lipinski definition) is 2. The molecule has 2 saturated carbocycles. The fraction of sp³-hybridized carbons (Fsp3) is 0.778. The third kappa shape index (κ3) is 3.24. The molecule has 3 amide bonds. The number of rotatable bonds is 4. The molecule has 0 heterocycles. The number of urea groups is 1. The van der Waals surface area contributed by atoms with Gasteiger partial charge in [-0.05, 0) is 25.7 Å². The number of nitrogens with one attached hydrogen (secondary N) is 3. The fourth-order valence-electron chi connectivity index (χ4n) is 1.13. The van der Waals surface area contributed by atoms with Crippen molar-refractivity contribution in [1.29, 1.82) is 0 Å². The van der Waals surface area contributed by atoms with Gasteiger partial charge in [0, 0.05) is 12.1 Å². The van der Waals surface area contributed by atoms with E-state index in [1.807, 2.05) is 0 Å². The summed E-state index contributed by atoms with van der Waals surface area (Å²) in [5.74, 6) is -0.0987. The van der Waals surface area contributed by atoms with Crippen molar-refractivity contribution < 1.29 is 9.59 Å². The third-order valence-corrected chi connectivity index (χ3v) is 2.26. The van der Waals surface area contributed by atoms with Crippen LogP contribution in [0.2, 0.25) is 0 Å². The van der Waals surface area contributed by atoms with E-state index in [2.05, 4.69) is 16.0 Å². The summed E-state index contributed by atoms with van der Waals surface area (Å²) in [7, 11) is 0. The highest BCUT2D eigenvalue weighted by molar-refractivity contribution is 5.84. The van der Waals surface area contributed by atoms with Crippen LogP contribution >= 0.6 is 0 Å². The molecule has 0 aliphatic heterocycles. The Morgan fingerprint density at radius 3 is 2.14 bits per heavy atom. The lowest BCUT2D eigenvalue weighted by Gasteiger charge is -2.06. The average molecular weight is 197 g/mol. The van der Waals surface area contributed by atoms with Crippen LogP contribution in [0.5, 0.6) is 0 Å². The molecule has 0 saturated heterocycles. The highest BCUT2D eigenvalue weighted by Crippen LogP contribution is 2.18. The Balaban J connectivity index is 1.55. The van der Waals surface area contributed by atoms with Crippen molar-refractivity contribution in [3.8, 4) is 0 Å². The first-order valence-corrected chi connectivity index (χ1v) is 5.08. The number of amides is 3. The van der Waals surface area contributed by atoms with Crippen molar-refractivity contribution in [2.45, 2.75) is 37.8 Å². The Hall–Kier alpha value is -1.26. The van der Waals surface area contributed by atoms with Gasteiger partial charge >= 0.3 is 6.03 Å². The first-order chi connectivity index (χ1) is 6.74. The van der Waals surface area contributed by atoms with Crippen LogP contribution in [0.3, 0.4) is 0 Å². The van der Waals surface area contributed by atoms with E-state index in [1.165, 1.54) is 0 Å². The van der Waals surface area contributed by atoms with E-state index in [1.54, 1.807) is 0 Å². The van der Waals surface area contributed by atoms with Crippen molar-refractivity contribution >= 4 is 11.9 Å². The smallest absolute Gasteiger partial charge is 0.315 e. The van der Waals surface area contributed by atoms with Crippen LogP contribution in [0.4, 0.5) is 4.79 Å². The van der Waals surface area contributed by atoms with E-state index in [0.29, 0.717) is 12.1 Å². The topological polar surface area (TPSA) is 70.2 Å². The van der Waals surface area contributed by atoms with Gasteiger partial charge in [-0.25, -0.2) is 4.79 Å². The molecule has 5 nitrogen and oxygen atoms in total. The summed E-state index contributed by atoms with van der Waals surface area (Å²) >= 11 is 0. The largest absolute Gasteiger partial charge is 0.352 e. The minimum absolute atomic E-state index is 0.0784. The molecular weight excluding hydrogens is 182 g/mol. The molecule has 0 bridgehead atoms. The SMILES string of the molecule is O=C(CNC(=O)NC1CC1)NC1CC1. The molecule has 0 aromatic carbocycles. The van der Waals surface area contributed by atoms with Gasteiger partial charge in [0.2, 0.25) is 5.91 Å². The van der Waals surface area contributed by atoms with Crippen molar-refractivity contribution in [2.75, 3.05) is 6.54 Å². The van der Waals surface area contributed by atoms with Gasteiger partial charge in [-0.2, -0.15) is 0 Å². The molecule has 5 heteroatoms. The zero-order valence-electron chi connectivity index (χ0n) is 8.01. The molecule has 2 aliphatic rings. The van der Waals surface area contributed by atoms with Gasteiger partial charge in [-0.3, -0.25) is 4.79 Å². The summed E-state index contributed by atoms with van der Waals surface area (Å²) in [5.41, 5.74) is 0. The molecule has 14 heavy (non-hydrogen) atoms. The Bertz CT molecular complexity index is 220. The standard InChI is InChI=1S/C9H15N3O2/c13-8(11-6-1-2-6)5-10-9(14)12-7-3-4-7/h6-7H,1-5H2,(H,11,13)(H2,10,12,14). The average Bonchev–Trinajstić information content (AvgIpc) is 2.96. The second kappa shape index (κ2) is 3.86. The van der Waals surface area contributed by atoms with Crippen LogP contribution in [0.1, 0.15) is 25.7 Å². The Morgan fingerprint density at radius 2 is 1.57 bits per heavy atom. The van der Waals surface area contributed by atoms with Gasteiger partial charge < -0.3 is 16.0 Å². The minimum atomic E-state index is -0.238. The molecule has 0 unspecified atom stereocenters. The first-order valence-electron chi connectivity index (χ1n) is 5.08. The summed E-state index contributed by atoms with van der Waals surface area (Å²) in [5, 5.41) is 8.07. The first kappa shape index (κ1) is 9.30. The summed E-state index contributed by atoms with van der Waals surface area (Å²) in [6, 6.07) is 0.454. The summed E-state index contributed by atoms with van der Waals surface area (Å²) < 4.78 is 0. The van der Waals surface area contributed by atoms with Crippen LogP contribution in [0.15, 0.2) is 0 Å². The van der Waals surface area contributed by atoms with Gasteiger partial charge in [0.15, 0.2) is 0 Å². The van der Waals surface area contributed by atoms with Crippen molar-refractivity contribution in [2.24, 2.45) is 0 Å². The van der Waals surface area contributed by atoms with E-state index < -0.39 is 0 Å². The number of carbonyl (C=O) groups is 2. The maximum absolute atomic E-state index is 11.1. The molecule has 3 N–H and O–H groups in total. The molecule has 2 aliphatic carbocycles. The Labute approximate surface area is 82.6 Å². The molecule has 0 spiro atoms. The quantitative estimate of drug-likeness (QED) is 0.580. The molecule has 2 rings (SSSR count). The normalized spacial score (nSPS) is 20.0. The van der Waals surface area contributed by atoms with Gasteiger partial charge in [-0.15, -0.1) is 0 Å². The Kier molecular flexibility index (Phi) is 2.56. The molecular formula is C9H15N3O2. The highest BCUT2D eigenvalue weighted by Gasteiger charge is 2.25. The summed E-state index contributed by atoms with van der Waals surface area (Å²) in [6.07, 6.45) is 4.25. The lowest BCUT2D eigenvalue weighted by atomic mass is 10.5. The molecule has 0 radical (unpaired) electrons. The van der Waals surface area contributed by atoms with Gasteiger partial charge in [0.25, 0.3) is 0 Å². The zero-order chi connectivity index (χ0) is 9.97. The van der Waals surface area contributed by atoms with E-state index in [0.717, 1.165) is 25.7 Å². The molecule has 0 aromatic heterocycles. The van der Waals surface area contributed by atoms with Crippen molar-refractivity contribution in [3.05, 3.63) is 0 Å². The Morgan fingerprint density at radius 1 is 1.00 bits per heavy atom. The van der Waals surface area contributed by atoms with Crippen LogP contribution < -0.4 is 16.0 Å². The third-order valence-electron chi connectivity index (χ3n) is 2.26. The van der Waals surface area contributed by atoms with Crippen molar-refractivity contribution in [1.82, 2.24) is 16.0 Å². The lowest BCUT2D eigenvalue weighted by Crippen LogP contribution is -2.43.